The van der Waals surface area contributed by atoms with Gasteiger partial charge in [0, 0.05) is 19.3 Å². The van der Waals surface area contributed by atoms with E-state index in [1.807, 2.05) is 30.3 Å². The summed E-state index contributed by atoms with van der Waals surface area (Å²) in [7, 11) is -2.15. The highest BCUT2D eigenvalue weighted by Gasteiger charge is 2.20. The molecule has 0 atom stereocenters. The third-order valence-corrected chi connectivity index (χ3v) is 6.10. The second-order valence-electron chi connectivity index (χ2n) is 6.56. The van der Waals surface area contributed by atoms with Crippen molar-refractivity contribution in [2.75, 3.05) is 19.0 Å². The van der Waals surface area contributed by atoms with Gasteiger partial charge in [0.1, 0.15) is 11.6 Å². The monoisotopic (exact) mass is 428 g/mol. The molecule has 0 radical (unpaired) electrons. The van der Waals surface area contributed by atoms with Gasteiger partial charge in [-0.2, -0.15) is 4.31 Å². The zero-order valence-electron chi connectivity index (χ0n) is 16.3. The van der Waals surface area contributed by atoms with Crippen LogP contribution in [-0.4, -0.2) is 32.3 Å². The Morgan fingerprint density at radius 1 is 0.967 bits per heavy atom. The molecule has 0 spiro atoms. The summed E-state index contributed by atoms with van der Waals surface area (Å²) >= 11 is 0. The van der Waals surface area contributed by atoms with Gasteiger partial charge < -0.3 is 10.1 Å². The van der Waals surface area contributed by atoms with Crippen LogP contribution in [0.4, 0.5) is 10.1 Å². The molecule has 8 heteroatoms. The van der Waals surface area contributed by atoms with Gasteiger partial charge in [0.2, 0.25) is 10.0 Å². The average molecular weight is 428 g/mol. The Hall–Kier alpha value is -3.23. The van der Waals surface area contributed by atoms with Crippen LogP contribution in [0.2, 0.25) is 0 Å². The van der Waals surface area contributed by atoms with Crippen LogP contribution < -0.4 is 10.1 Å². The molecule has 0 aliphatic rings. The zero-order valence-corrected chi connectivity index (χ0v) is 17.1. The van der Waals surface area contributed by atoms with Crippen LogP contribution in [0.1, 0.15) is 5.56 Å². The Balaban J connectivity index is 1.58. The fourth-order valence-corrected chi connectivity index (χ4v) is 3.85. The molecule has 1 N–H and O–H groups in total. The molecule has 0 unspecified atom stereocenters. The van der Waals surface area contributed by atoms with Crippen molar-refractivity contribution in [1.29, 1.82) is 0 Å². The molecule has 0 saturated carbocycles. The van der Waals surface area contributed by atoms with Crippen molar-refractivity contribution in [3.8, 4) is 5.75 Å². The lowest BCUT2D eigenvalue weighted by Gasteiger charge is -2.17. The van der Waals surface area contributed by atoms with Gasteiger partial charge in [0.05, 0.1) is 4.90 Å². The lowest BCUT2D eigenvalue weighted by molar-refractivity contribution is -0.118. The first-order chi connectivity index (χ1) is 14.3. The van der Waals surface area contributed by atoms with Gasteiger partial charge in [0.15, 0.2) is 6.61 Å². The highest BCUT2D eigenvalue weighted by molar-refractivity contribution is 7.89. The van der Waals surface area contributed by atoms with Crippen molar-refractivity contribution in [2.45, 2.75) is 11.4 Å². The summed E-state index contributed by atoms with van der Waals surface area (Å²) in [6.07, 6.45) is 0. The number of nitrogens with one attached hydrogen (secondary N) is 1. The summed E-state index contributed by atoms with van der Waals surface area (Å²) in [5.74, 6) is -0.443. The van der Waals surface area contributed by atoms with Crippen molar-refractivity contribution < 1.29 is 22.3 Å². The normalized spacial score (nSPS) is 11.3. The second kappa shape index (κ2) is 9.51. The van der Waals surface area contributed by atoms with E-state index in [1.54, 1.807) is 0 Å². The van der Waals surface area contributed by atoms with Gasteiger partial charge in [-0.25, -0.2) is 12.8 Å². The Kier molecular flexibility index (Phi) is 6.81. The van der Waals surface area contributed by atoms with Gasteiger partial charge in [-0.1, -0.05) is 30.3 Å². The molecule has 3 aromatic rings. The minimum absolute atomic E-state index is 0.126. The molecule has 0 fully saturated rings. The van der Waals surface area contributed by atoms with Gasteiger partial charge >= 0.3 is 0 Å². The number of halogens is 1. The van der Waals surface area contributed by atoms with Crippen LogP contribution >= 0.6 is 0 Å². The zero-order chi connectivity index (χ0) is 21.6. The summed E-state index contributed by atoms with van der Waals surface area (Å²) in [4.78, 5) is 12.1. The first-order valence-corrected chi connectivity index (χ1v) is 10.6. The second-order valence-corrected chi connectivity index (χ2v) is 8.61. The number of anilines is 1. The number of benzene rings is 3. The first kappa shape index (κ1) is 21.5. The Morgan fingerprint density at radius 2 is 1.60 bits per heavy atom. The smallest absolute Gasteiger partial charge is 0.262 e. The number of rotatable bonds is 8. The number of ether oxygens (including phenoxy) is 1. The number of nitrogens with zero attached hydrogens (tertiary/aromatic N) is 1. The molecule has 156 valence electrons. The maximum atomic E-state index is 12.9. The number of carbonyl (C=O) groups excluding carboxylic acids is 1. The van der Waals surface area contributed by atoms with E-state index in [2.05, 4.69) is 5.32 Å². The summed E-state index contributed by atoms with van der Waals surface area (Å²) in [6, 6.07) is 20.5. The van der Waals surface area contributed by atoms with E-state index in [9.17, 15) is 17.6 Å². The number of hydrogen-bond donors (Lipinski definition) is 1. The van der Waals surface area contributed by atoms with E-state index in [0.29, 0.717) is 11.4 Å². The molecule has 30 heavy (non-hydrogen) atoms. The molecule has 1 amide bonds. The van der Waals surface area contributed by atoms with Crippen LogP contribution in [0.3, 0.4) is 0 Å². The van der Waals surface area contributed by atoms with E-state index < -0.39 is 21.7 Å². The fraction of sp³-hybridized carbons (Fsp3) is 0.136. The van der Waals surface area contributed by atoms with Crippen LogP contribution in [0.25, 0.3) is 0 Å². The quantitative estimate of drug-likeness (QED) is 0.594. The summed E-state index contributed by atoms with van der Waals surface area (Å²) in [6.45, 7) is -0.00607. The van der Waals surface area contributed by atoms with Crippen molar-refractivity contribution in [3.63, 3.8) is 0 Å². The first-order valence-electron chi connectivity index (χ1n) is 9.13. The van der Waals surface area contributed by atoms with E-state index in [-0.39, 0.29) is 18.0 Å². The van der Waals surface area contributed by atoms with Gasteiger partial charge in [0.25, 0.3) is 5.91 Å². The largest absolute Gasteiger partial charge is 0.484 e. The predicted octanol–water partition coefficient (Wildman–Crippen LogP) is 3.66. The van der Waals surface area contributed by atoms with Gasteiger partial charge in [-0.3, -0.25) is 4.79 Å². The molecule has 0 saturated heterocycles. The maximum Gasteiger partial charge on any atom is 0.262 e. The third kappa shape index (κ3) is 5.65. The minimum Gasteiger partial charge on any atom is -0.484 e. The fourth-order valence-electron chi connectivity index (χ4n) is 2.69. The van der Waals surface area contributed by atoms with Crippen LogP contribution in [0, 0.1) is 5.82 Å². The van der Waals surface area contributed by atoms with Crippen LogP contribution in [0.15, 0.2) is 83.8 Å². The van der Waals surface area contributed by atoms with Crippen molar-refractivity contribution in [2.24, 2.45) is 0 Å². The van der Waals surface area contributed by atoms with Crippen LogP contribution in [-0.2, 0) is 21.4 Å². The Bertz CT molecular complexity index is 1090. The topological polar surface area (TPSA) is 75.7 Å². The van der Waals surface area contributed by atoms with Crippen molar-refractivity contribution in [3.05, 3.63) is 90.2 Å². The Morgan fingerprint density at radius 3 is 2.23 bits per heavy atom. The van der Waals surface area contributed by atoms with E-state index >= 15 is 0 Å². The number of hydrogen-bond acceptors (Lipinski definition) is 4. The summed E-state index contributed by atoms with van der Waals surface area (Å²) in [5, 5.41) is 2.62. The summed E-state index contributed by atoms with van der Waals surface area (Å²) in [5.41, 5.74) is 1.32. The van der Waals surface area contributed by atoms with E-state index in [0.717, 1.165) is 5.56 Å². The molecular weight excluding hydrogens is 407 g/mol. The number of carbonyl (C=O) groups is 1. The SMILES string of the molecule is CN(Cc1ccccc1)S(=O)(=O)c1ccc(NC(=O)COc2ccc(F)cc2)cc1. The molecule has 0 aromatic heterocycles. The highest BCUT2D eigenvalue weighted by Crippen LogP contribution is 2.19. The average Bonchev–Trinajstić information content (AvgIpc) is 2.74. The molecule has 3 aromatic carbocycles. The predicted molar refractivity (Wildman–Crippen MR) is 112 cm³/mol. The standard InChI is InChI=1S/C22H21FN2O4S/c1-25(15-17-5-3-2-4-6-17)30(27,28)21-13-9-19(10-14-21)24-22(26)16-29-20-11-7-18(23)8-12-20/h2-14H,15-16H2,1H3,(H,24,26). The molecule has 0 bridgehead atoms. The molecule has 3 rings (SSSR count). The molecule has 0 aliphatic carbocycles. The molecule has 6 nitrogen and oxygen atoms in total. The lowest BCUT2D eigenvalue weighted by Crippen LogP contribution is -2.26. The summed E-state index contributed by atoms with van der Waals surface area (Å²) < 4.78 is 44.9. The molecular formula is C22H21FN2O4S. The molecule has 0 aliphatic heterocycles. The minimum atomic E-state index is -3.67. The van der Waals surface area contributed by atoms with E-state index in [4.69, 9.17) is 4.74 Å². The van der Waals surface area contributed by atoms with E-state index in [1.165, 1.54) is 59.9 Å². The molecule has 0 heterocycles. The highest BCUT2D eigenvalue weighted by atomic mass is 32.2. The number of amides is 1. The van der Waals surface area contributed by atoms with Crippen LogP contribution in [0.5, 0.6) is 5.75 Å². The van der Waals surface area contributed by atoms with Crippen molar-refractivity contribution in [1.82, 2.24) is 4.31 Å². The third-order valence-electron chi connectivity index (χ3n) is 4.28. The Labute approximate surface area is 175 Å². The lowest BCUT2D eigenvalue weighted by atomic mass is 10.2. The number of sulfonamides is 1. The van der Waals surface area contributed by atoms with Crippen molar-refractivity contribution >= 4 is 21.6 Å². The van der Waals surface area contributed by atoms with Gasteiger partial charge in [-0.05, 0) is 54.1 Å². The maximum absolute atomic E-state index is 12.9. The van der Waals surface area contributed by atoms with Gasteiger partial charge in [-0.15, -0.1) is 0 Å².